The third-order valence-electron chi connectivity index (χ3n) is 6.19. The van der Waals surface area contributed by atoms with Crippen LogP contribution in [0, 0.1) is 11.7 Å². The Morgan fingerprint density at radius 1 is 0.971 bits per heavy atom. The fourth-order valence-electron chi connectivity index (χ4n) is 4.40. The molecule has 0 saturated carbocycles. The summed E-state index contributed by atoms with van der Waals surface area (Å²) >= 11 is 0. The van der Waals surface area contributed by atoms with Crippen molar-refractivity contribution < 1.29 is 23.5 Å². The van der Waals surface area contributed by atoms with Crippen molar-refractivity contribution in [3.8, 4) is 11.5 Å². The highest BCUT2D eigenvalue weighted by atomic mass is 19.1. The van der Waals surface area contributed by atoms with Gasteiger partial charge in [0, 0.05) is 31.1 Å². The topological polar surface area (TPSA) is 67.9 Å². The molecule has 0 aromatic heterocycles. The van der Waals surface area contributed by atoms with E-state index in [1.807, 2.05) is 36.4 Å². The zero-order chi connectivity index (χ0) is 24.1. The number of amides is 2. The molecule has 4 rings (SSSR count). The Morgan fingerprint density at radius 2 is 1.71 bits per heavy atom. The van der Waals surface area contributed by atoms with Gasteiger partial charge in [0.2, 0.25) is 5.91 Å². The minimum absolute atomic E-state index is 0.01000. The Kier molecular flexibility index (Phi) is 7.11. The number of nitrogens with zero attached hydrogens (tertiary/aromatic N) is 1. The van der Waals surface area contributed by atoms with Crippen molar-refractivity contribution in [1.82, 2.24) is 10.2 Å². The first-order valence-corrected chi connectivity index (χ1v) is 11.1. The lowest BCUT2D eigenvalue weighted by Gasteiger charge is -2.21. The third-order valence-corrected chi connectivity index (χ3v) is 6.19. The summed E-state index contributed by atoms with van der Waals surface area (Å²) in [5.74, 6) is -0.868. The van der Waals surface area contributed by atoms with E-state index >= 15 is 0 Å². The minimum Gasteiger partial charge on any atom is -0.497 e. The molecule has 2 amide bonds. The molecule has 1 N–H and O–H groups in total. The predicted octanol–water partition coefficient (Wildman–Crippen LogP) is 4.02. The van der Waals surface area contributed by atoms with Gasteiger partial charge in [-0.05, 0) is 35.9 Å². The van der Waals surface area contributed by atoms with E-state index in [4.69, 9.17) is 9.47 Å². The monoisotopic (exact) mass is 462 g/mol. The summed E-state index contributed by atoms with van der Waals surface area (Å²) in [4.78, 5) is 28.0. The molecule has 1 fully saturated rings. The van der Waals surface area contributed by atoms with E-state index in [9.17, 15) is 14.0 Å². The van der Waals surface area contributed by atoms with Gasteiger partial charge in [-0.1, -0.05) is 42.5 Å². The van der Waals surface area contributed by atoms with E-state index in [0.29, 0.717) is 18.0 Å². The maximum atomic E-state index is 14.3. The molecule has 0 bridgehead atoms. The number of carbonyl (C=O) groups is 2. The fourth-order valence-corrected chi connectivity index (χ4v) is 4.40. The van der Waals surface area contributed by atoms with E-state index in [1.54, 1.807) is 38.5 Å². The van der Waals surface area contributed by atoms with Gasteiger partial charge in [0.1, 0.15) is 17.3 Å². The lowest BCUT2D eigenvalue weighted by Crippen LogP contribution is -2.35. The van der Waals surface area contributed by atoms with Crippen LogP contribution in [0.15, 0.2) is 72.8 Å². The Hall–Kier alpha value is -3.87. The molecule has 1 heterocycles. The third kappa shape index (κ3) is 4.88. The molecule has 34 heavy (non-hydrogen) atoms. The van der Waals surface area contributed by atoms with Crippen molar-refractivity contribution in [3.63, 3.8) is 0 Å². The van der Waals surface area contributed by atoms with Gasteiger partial charge in [-0.2, -0.15) is 0 Å². The Bertz CT molecular complexity index is 1170. The van der Waals surface area contributed by atoms with E-state index in [0.717, 1.165) is 11.1 Å². The summed E-state index contributed by atoms with van der Waals surface area (Å²) in [7, 11) is 3.13. The van der Waals surface area contributed by atoms with Crippen LogP contribution in [0.5, 0.6) is 11.5 Å². The Morgan fingerprint density at radius 3 is 2.41 bits per heavy atom. The van der Waals surface area contributed by atoms with Gasteiger partial charge >= 0.3 is 0 Å². The molecule has 0 aliphatic carbocycles. The Balaban J connectivity index is 1.64. The molecule has 7 heteroatoms. The lowest BCUT2D eigenvalue weighted by molar-refractivity contribution is -0.125. The van der Waals surface area contributed by atoms with Crippen molar-refractivity contribution in [2.24, 2.45) is 5.92 Å². The first-order chi connectivity index (χ1) is 16.5. The molecule has 3 aromatic rings. The highest BCUT2D eigenvalue weighted by Gasteiger charge is 2.42. The van der Waals surface area contributed by atoms with Crippen LogP contribution in [0.1, 0.15) is 27.4 Å². The number of hydrogen-bond acceptors (Lipinski definition) is 4. The van der Waals surface area contributed by atoms with Gasteiger partial charge in [-0.15, -0.1) is 0 Å². The summed E-state index contributed by atoms with van der Waals surface area (Å²) in [5.41, 5.74) is 1.73. The summed E-state index contributed by atoms with van der Waals surface area (Å²) in [5, 5.41) is 2.99. The van der Waals surface area contributed by atoms with Gasteiger partial charge in [-0.25, -0.2) is 4.39 Å². The molecule has 3 aromatic carbocycles. The van der Waals surface area contributed by atoms with E-state index in [-0.39, 0.29) is 30.5 Å². The van der Waals surface area contributed by atoms with Crippen LogP contribution >= 0.6 is 0 Å². The molecular formula is C27H27FN2O4. The molecule has 0 spiro atoms. The molecule has 0 radical (unpaired) electrons. The van der Waals surface area contributed by atoms with Crippen molar-refractivity contribution >= 4 is 11.8 Å². The van der Waals surface area contributed by atoms with E-state index in [1.165, 1.54) is 17.0 Å². The van der Waals surface area contributed by atoms with Crippen LogP contribution < -0.4 is 14.8 Å². The molecule has 1 saturated heterocycles. The van der Waals surface area contributed by atoms with Crippen LogP contribution in [-0.4, -0.2) is 44.0 Å². The van der Waals surface area contributed by atoms with Crippen LogP contribution in [-0.2, 0) is 11.3 Å². The van der Waals surface area contributed by atoms with Crippen molar-refractivity contribution in [2.45, 2.75) is 12.5 Å². The van der Waals surface area contributed by atoms with E-state index < -0.39 is 17.6 Å². The fraction of sp³-hybridized carbons (Fsp3) is 0.259. The molecule has 1 aliphatic heterocycles. The van der Waals surface area contributed by atoms with Crippen molar-refractivity contribution in [2.75, 3.05) is 27.3 Å². The molecule has 2 atom stereocenters. The smallest absolute Gasteiger partial charge is 0.256 e. The largest absolute Gasteiger partial charge is 0.497 e. The van der Waals surface area contributed by atoms with Crippen LogP contribution in [0.3, 0.4) is 0 Å². The highest BCUT2D eigenvalue weighted by molar-refractivity contribution is 5.95. The second-order valence-electron chi connectivity index (χ2n) is 8.21. The molecule has 1 aliphatic rings. The van der Waals surface area contributed by atoms with Crippen LogP contribution in [0.2, 0.25) is 0 Å². The summed E-state index contributed by atoms with van der Waals surface area (Å²) in [6.07, 6.45) is 0. The van der Waals surface area contributed by atoms with Crippen molar-refractivity contribution in [3.05, 3.63) is 95.3 Å². The van der Waals surface area contributed by atoms with Gasteiger partial charge in [-0.3, -0.25) is 9.59 Å². The van der Waals surface area contributed by atoms with Gasteiger partial charge in [0.15, 0.2) is 0 Å². The van der Waals surface area contributed by atoms with Gasteiger partial charge in [0.05, 0.1) is 25.7 Å². The minimum atomic E-state index is -0.583. The van der Waals surface area contributed by atoms with Crippen molar-refractivity contribution in [1.29, 1.82) is 0 Å². The number of nitrogens with one attached hydrogen (secondary N) is 1. The predicted molar refractivity (Wildman–Crippen MR) is 126 cm³/mol. The number of rotatable bonds is 7. The molecule has 2 unspecified atom stereocenters. The molecule has 176 valence electrons. The first kappa shape index (κ1) is 23.3. The number of carbonyl (C=O) groups excluding carboxylic acids is 2. The first-order valence-electron chi connectivity index (χ1n) is 11.1. The number of ether oxygens (including phenoxy) is 2. The average Bonchev–Trinajstić information content (AvgIpc) is 3.33. The van der Waals surface area contributed by atoms with Crippen LogP contribution in [0.4, 0.5) is 4.39 Å². The summed E-state index contributed by atoms with van der Waals surface area (Å²) in [6.45, 7) is 0.790. The quantitative estimate of drug-likeness (QED) is 0.576. The number of methoxy groups -OCH3 is 2. The average molecular weight is 463 g/mol. The van der Waals surface area contributed by atoms with Gasteiger partial charge < -0.3 is 19.7 Å². The lowest BCUT2D eigenvalue weighted by atomic mass is 9.87. The zero-order valence-corrected chi connectivity index (χ0v) is 19.2. The second-order valence-corrected chi connectivity index (χ2v) is 8.21. The highest BCUT2D eigenvalue weighted by Crippen LogP contribution is 2.40. The maximum absolute atomic E-state index is 14.3. The number of benzene rings is 3. The number of likely N-dealkylation sites (tertiary alicyclic amines) is 1. The number of hydrogen-bond donors (Lipinski definition) is 1. The van der Waals surface area contributed by atoms with Crippen LogP contribution in [0.25, 0.3) is 0 Å². The molecule has 6 nitrogen and oxygen atoms in total. The SMILES string of the molecule is COc1ccc(OC)c(C2CN(C(=O)c3ccccc3F)CC2C(=O)NCc2ccccc2)c1. The second kappa shape index (κ2) is 10.4. The molecular weight excluding hydrogens is 435 g/mol. The summed E-state index contributed by atoms with van der Waals surface area (Å²) in [6, 6.07) is 20.9. The summed E-state index contributed by atoms with van der Waals surface area (Å²) < 4.78 is 25.3. The Labute approximate surface area is 198 Å². The maximum Gasteiger partial charge on any atom is 0.256 e. The van der Waals surface area contributed by atoms with E-state index in [2.05, 4.69) is 5.32 Å². The van der Waals surface area contributed by atoms with Gasteiger partial charge in [0.25, 0.3) is 5.91 Å². The normalized spacial score (nSPS) is 17.3. The zero-order valence-electron chi connectivity index (χ0n) is 19.2. The number of halogens is 1. The standard InChI is InChI=1S/C27H27FN2O4/c1-33-19-12-13-25(34-2)21(14-19)22-16-30(27(32)20-10-6-7-11-24(20)28)17-23(22)26(31)29-15-18-8-4-3-5-9-18/h3-14,22-23H,15-17H2,1-2H3,(H,29,31).